The zero-order valence-electron chi connectivity index (χ0n) is 18.2. The fraction of sp³-hybridized carbons (Fsp3) is 0.130. The zero-order valence-corrected chi connectivity index (χ0v) is 21.3. The van der Waals surface area contributed by atoms with E-state index in [0.29, 0.717) is 32.8 Å². The van der Waals surface area contributed by atoms with Gasteiger partial charge in [0, 0.05) is 22.3 Å². The predicted molar refractivity (Wildman–Crippen MR) is 137 cm³/mol. The second kappa shape index (κ2) is 11.6. The summed E-state index contributed by atoms with van der Waals surface area (Å²) in [6, 6.07) is 14.6. The van der Waals surface area contributed by atoms with Gasteiger partial charge in [-0.25, -0.2) is 10.2 Å². The number of aryl methyl sites for hydroxylation is 1. The summed E-state index contributed by atoms with van der Waals surface area (Å²) in [5.74, 6) is 0.860. The Morgan fingerprint density at radius 2 is 1.94 bits per heavy atom. The Kier molecular flexibility index (Phi) is 8.61. The predicted octanol–water partition coefficient (Wildman–Crippen LogP) is 6.17. The number of nitro benzene ring substituents is 1. The lowest BCUT2D eigenvalue weighted by Crippen LogP contribution is -2.24. The zero-order chi connectivity index (χ0) is 24.7. The van der Waals surface area contributed by atoms with E-state index in [1.165, 1.54) is 25.5 Å². The van der Waals surface area contributed by atoms with Crippen molar-refractivity contribution in [1.82, 2.24) is 5.43 Å². The molecule has 0 heterocycles. The van der Waals surface area contributed by atoms with Gasteiger partial charge in [-0.2, -0.15) is 5.10 Å². The average molecular weight is 592 g/mol. The Labute approximate surface area is 212 Å². The monoisotopic (exact) mass is 590 g/mol. The van der Waals surface area contributed by atoms with E-state index in [9.17, 15) is 14.9 Å². The first-order valence-electron chi connectivity index (χ1n) is 9.86. The van der Waals surface area contributed by atoms with Crippen LogP contribution in [0.4, 0.5) is 16.2 Å². The highest BCUT2D eigenvalue weighted by molar-refractivity contribution is 9.10. The van der Waals surface area contributed by atoms with E-state index in [2.05, 4.69) is 47.7 Å². The number of non-ortho nitro benzene ring substituents is 1. The van der Waals surface area contributed by atoms with Crippen molar-refractivity contribution in [2.45, 2.75) is 13.5 Å². The second-order valence-corrected chi connectivity index (χ2v) is 8.75. The smallest absolute Gasteiger partial charge is 0.339 e. The minimum atomic E-state index is -0.485. The third-order valence-corrected chi connectivity index (χ3v) is 6.03. The first kappa shape index (κ1) is 25.2. The summed E-state index contributed by atoms with van der Waals surface area (Å²) in [6.45, 7) is 2.04. The van der Waals surface area contributed by atoms with E-state index in [1.807, 2.05) is 19.1 Å². The molecule has 0 saturated heterocycles. The van der Waals surface area contributed by atoms with Crippen LogP contribution in [-0.2, 0) is 6.61 Å². The lowest BCUT2D eigenvalue weighted by atomic mass is 10.2. The quantitative estimate of drug-likeness (QED) is 0.185. The number of carbonyl (C=O) groups is 1. The molecule has 0 saturated carbocycles. The molecule has 0 fully saturated rings. The Morgan fingerprint density at radius 1 is 1.15 bits per heavy atom. The number of methoxy groups -OCH3 is 1. The molecular formula is C23H20Br2N4O5. The van der Waals surface area contributed by atoms with Gasteiger partial charge in [-0.05, 0) is 69.9 Å². The van der Waals surface area contributed by atoms with Crippen molar-refractivity contribution >= 4 is 55.5 Å². The van der Waals surface area contributed by atoms with Crippen molar-refractivity contribution in [2.24, 2.45) is 5.10 Å². The Morgan fingerprint density at radius 3 is 2.65 bits per heavy atom. The molecule has 0 bridgehead atoms. The number of rotatable bonds is 8. The van der Waals surface area contributed by atoms with Crippen LogP contribution < -0.4 is 20.2 Å². The van der Waals surface area contributed by atoms with Gasteiger partial charge in [0.1, 0.15) is 6.61 Å². The molecule has 2 amide bonds. The van der Waals surface area contributed by atoms with Gasteiger partial charge < -0.3 is 14.8 Å². The SMILES string of the molecule is COc1cc(/C=N/NC(=O)Nc2ccc(Br)c(C)c2)cc(Br)c1OCc1cccc([N+](=O)[O-])c1. The maximum Gasteiger partial charge on any atom is 0.339 e. The number of nitrogens with zero attached hydrogens (tertiary/aromatic N) is 2. The largest absolute Gasteiger partial charge is 0.493 e. The summed E-state index contributed by atoms with van der Waals surface area (Å²) in [7, 11) is 1.49. The summed E-state index contributed by atoms with van der Waals surface area (Å²) in [5, 5.41) is 17.6. The van der Waals surface area contributed by atoms with Crippen LogP contribution in [0.3, 0.4) is 0 Å². The molecule has 34 heavy (non-hydrogen) atoms. The third-order valence-electron chi connectivity index (χ3n) is 4.55. The number of nitro groups is 1. The highest BCUT2D eigenvalue weighted by atomic mass is 79.9. The normalized spacial score (nSPS) is 10.7. The van der Waals surface area contributed by atoms with Crippen LogP contribution in [0.25, 0.3) is 0 Å². The summed E-state index contributed by atoms with van der Waals surface area (Å²) >= 11 is 6.87. The molecule has 2 N–H and O–H groups in total. The summed E-state index contributed by atoms with van der Waals surface area (Å²) < 4.78 is 12.8. The topological polar surface area (TPSA) is 115 Å². The lowest BCUT2D eigenvalue weighted by molar-refractivity contribution is -0.384. The van der Waals surface area contributed by atoms with Crippen LogP contribution in [0.2, 0.25) is 0 Å². The van der Waals surface area contributed by atoms with Gasteiger partial charge in [0.2, 0.25) is 0 Å². The summed E-state index contributed by atoms with van der Waals surface area (Å²) in [6.07, 6.45) is 1.46. The van der Waals surface area contributed by atoms with Crippen molar-refractivity contribution < 1.29 is 19.2 Å². The minimum Gasteiger partial charge on any atom is -0.493 e. The third kappa shape index (κ3) is 6.78. The van der Waals surface area contributed by atoms with Crippen LogP contribution in [-0.4, -0.2) is 24.3 Å². The molecule has 11 heteroatoms. The van der Waals surface area contributed by atoms with E-state index >= 15 is 0 Å². The Hall–Kier alpha value is -3.44. The molecule has 0 aromatic heterocycles. The molecule has 3 aromatic carbocycles. The molecule has 3 rings (SSSR count). The van der Waals surface area contributed by atoms with E-state index < -0.39 is 11.0 Å². The van der Waals surface area contributed by atoms with Gasteiger partial charge in [-0.3, -0.25) is 10.1 Å². The molecule has 0 aliphatic carbocycles. The van der Waals surface area contributed by atoms with Gasteiger partial charge in [0.25, 0.3) is 5.69 Å². The molecule has 176 valence electrons. The number of hydrazone groups is 1. The second-order valence-electron chi connectivity index (χ2n) is 7.04. The standard InChI is InChI=1S/C23H20Br2N4O5/c1-14-8-17(6-7-19(14)24)27-23(30)28-26-12-16-10-20(25)22(21(11-16)33-2)34-13-15-4-3-5-18(9-15)29(31)32/h3-12H,13H2,1-2H3,(H2,27,28,30)/b26-12+. The molecule has 0 unspecified atom stereocenters. The molecule has 0 atom stereocenters. The van der Waals surface area contributed by atoms with Crippen molar-refractivity contribution in [3.8, 4) is 11.5 Å². The molecule has 0 spiro atoms. The van der Waals surface area contributed by atoms with E-state index in [-0.39, 0.29) is 12.3 Å². The first-order chi connectivity index (χ1) is 16.3. The van der Waals surface area contributed by atoms with E-state index in [1.54, 1.807) is 30.3 Å². The first-order valence-corrected chi connectivity index (χ1v) is 11.5. The number of benzene rings is 3. The van der Waals surface area contributed by atoms with Crippen molar-refractivity contribution in [2.75, 3.05) is 12.4 Å². The Bertz CT molecular complexity index is 1250. The van der Waals surface area contributed by atoms with Gasteiger partial charge in [-0.15, -0.1) is 0 Å². The van der Waals surface area contributed by atoms with Gasteiger partial charge in [-0.1, -0.05) is 28.1 Å². The van der Waals surface area contributed by atoms with Crippen LogP contribution in [0.5, 0.6) is 11.5 Å². The minimum absolute atomic E-state index is 0.00880. The molecule has 9 nitrogen and oxygen atoms in total. The summed E-state index contributed by atoms with van der Waals surface area (Å²) in [5.41, 5.74) is 5.32. The number of nitrogens with one attached hydrogen (secondary N) is 2. The fourth-order valence-corrected chi connectivity index (χ4v) is 3.74. The van der Waals surface area contributed by atoms with Crippen molar-refractivity contribution in [3.05, 3.63) is 90.3 Å². The number of anilines is 1. The average Bonchev–Trinajstić information content (AvgIpc) is 2.80. The van der Waals surface area contributed by atoms with Crippen LogP contribution in [0, 0.1) is 17.0 Å². The molecule has 3 aromatic rings. The van der Waals surface area contributed by atoms with Gasteiger partial charge in [0.05, 0.1) is 22.7 Å². The van der Waals surface area contributed by atoms with Gasteiger partial charge in [0.15, 0.2) is 11.5 Å². The highest BCUT2D eigenvalue weighted by Gasteiger charge is 2.13. The number of carbonyl (C=O) groups excluding carboxylic acids is 1. The van der Waals surface area contributed by atoms with Crippen LogP contribution >= 0.6 is 31.9 Å². The number of ether oxygens (including phenoxy) is 2. The van der Waals surface area contributed by atoms with Crippen molar-refractivity contribution in [1.29, 1.82) is 0 Å². The molecule has 0 aliphatic rings. The van der Waals surface area contributed by atoms with Crippen molar-refractivity contribution in [3.63, 3.8) is 0 Å². The maximum atomic E-state index is 12.1. The maximum absolute atomic E-state index is 12.1. The van der Waals surface area contributed by atoms with E-state index in [4.69, 9.17) is 9.47 Å². The number of hydrogen-bond acceptors (Lipinski definition) is 6. The highest BCUT2D eigenvalue weighted by Crippen LogP contribution is 2.37. The number of urea groups is 1. The van der Waals surface area contributed by atoms with Gasteiger partial charge >= 0.3 is 6.03 Å². The molecule has 0 aliphatic heterocycles. The van der Waals surface area contributed by atoms with E-state index in [0.717, 1.165) is 10.0 Å². The van der Waals surface area contributed by atoms with Crippen LogP contribution in [0.15, 0.2) is 68.6 Å². The van der Waals surface area contributed by atoms with Crippen LogP contribution in [0.1, 0.15) is 16.7 Å². The summed E-state index contributed by atoms with van der Waals surface area (Å²) in [4.78, 5) is 22.6. The number of amides is 2. The number of halogens is 2. The molecular weight excluding hydrogens is 572 g/mol. The fourth-order valence-electron chi connectivity index (χ4n) is 2.92. The lowest BCUT2D eigenvalue weighted by Gasteiger charge is -2.13. The molecule has 0 radical (unpaired) electrons. The number of hydrogen-bond donors (Lipinski definition) is 2. The Balaban J connectivity index is 1.64.